The molecule has 2 aromatic rings. The van der Waals surface area contributed by atoms with Crippen molar-refractivity contribution in [3.05, 3.63) is 71.8 Å². The Hall–Kier alpha value is -1.86. The monoisotopic (exact) mass is 404 g/mol. The van der Waals surface area contributed by atoms with E-state index in [2.05, 4.69) is 74.5 Å². The maximum absolute atomic E-state index is 5.78. The standard InChI is InChI=1S/C29H40O/c1-3-5-7-9-24-10-14-26(15-11-24)28-18-20-29(21-19-28)27-16-12-25(13-17-27)23-30-22-8-6-4-2/h3,5,12-13,16-21,24,26H,4,6-11,14-15,22-23H2,1-2H3. The molecule has 2 aromatic carbocycles. The quantitative estimate of drug-likeness (QED) is 0.269. The van der Waals surface area contributed by atoms with E-state index in [0.29, 0.717) is 0 Å². The highest BCUT2D eigenvalue weighted by Crippen LogP contribution is 2.38. The maximum atomic E-state index is 5.78. The second-order valence-electron chi connectivity index (χ2n) is 8.94. The first-order valence-corrected chi connectivity index (χ1v) is 12.2. The summed E-state index contributed by atoms with van der Waals surface area (Å²) in [4.78, 5) is 0. The molecule has 0 saturated heterocycles. The fourth-order valence-electron chi connectivity index (χ4n) is 4.67. The van der Waals surface area contributed by atoms with Gasteiger partial charge in [0.2, 0.25) is 0 Å². The fourth-order valence-corrected chi connectivity index (χ4v) is 4.67. The molecule has 1 nitrogen and oxygen atoms in total. The van der Waals surface area contributed by atoms with E-state index in [1.54, 1.807) is 0 Å². The van der Waals surface area contributed by atoms with Gasteiger partial charge in [-0.2, -0.15) is 0 Å². The minimum atomic E-state index is 0.723. The molecule has 1 aliphatic rings. The molecule has 1 aliphatic carbocycles. The van der Waals surface area contributed by atoms with E-state index in [9.17, 15) is 0 Å². The summed E-state index contributed by atoms with van der Waals surface area (Å²) in [6.45, 7) is 5.94. The molecule has 1 heteroatoms. The molecule has 0 radical (unpaired) electrons. The largest absolute Gasteiger partial charge is 0.377 e. The van der Waals surface area contributed by atoms with Crippen LogP contribution in [0.4, 0.5) is 0 Å². The molecule has 30 heavy (non-hydrogen) atoms. The van der Waals surface area contributed by atoms with Crippen molar-refractivity contribution >= 4 is 0 Å². The SMILES string of the molecule is CC=CCCC1CCC(c2ccc(-c3ccc(COCCCCC)cc3)cc2)CC1. The van der Waals surface area contributed by atoms with Crippen molar-refractivity contribution in [2.24, 2.45) is 5.92 Å². The van der Waals surface area contributed by atoms with E-state index in [1.165, 1.54) is 80.0 Å². The van der Waals surface area contributed by atoms with Crippen LogP contribution in [0.5, 0.6) is 0 Å². The van der Waals surface area contributed by atoms with Gasteiger partial charge in [0, 0.05) is 6.61 Å². The molecular formula is C29H40O. The van der Waals surface area contributed by atoms with Crippen molar-refractivity contribution in [3.8, 4) is 11.1 Å². The molecule has 0 N–H and O–H groups in total. The first kappa shape index (κ1) is 22.8. The molecule has 0 spiro atoms. The Labute approximate surface area is 184 Å². The topological polar surface area (TPSA) is 9.23 Å². The highest BCUT2D eigenvalue weighted by Gasteiger charge is 2.21. The van der Waals surface area contributed by atoms with Gasteiger partial charge in [-0.3, -0.25) is 0 Å². The average molecular weight is 405 g/mol. The summed E-state index contributed by atoms with van der Waals surface area (Å²) in [6, 6.07) is 18.2. The Morgan fingerprint density at radius 3 is 2.17 bits per heavy atom. The van der Waals surface area contributed by atoms with Crippen LogP contribution >= 0.6 is 0 Å². The third kappa shape index (κ3) is 7.13. The molecule has 0 atom stereocenters. The van der Waals surface area contributed by atoms with Gasteiger partial charge in [-0.25, -0.2) is 0 Å². The van der Waals surface area contributed by atoms with Gasteiger partial charge in [0.05, 0.1) is 6.61 Å². The summed E-state index contributed by atoms with van der Waals surface area (Å²) in [5.74, 6) is 1.69. The van der Waals surface area contributed by atoms with Gasteiger partial charge < -0.3 is 4.74 Å². The first-order valence-electron chi connectivity index (χ1n) is 12.2. The van der Waals surface area contributed by atoms with Crippen LogP contribution in [0.1, 0.15) is 88.7 Å². The predicted molar refractivity (Wildman–Crippen MR) is 130 cm³/mol. The van der Waals surface area contributed by atoms with Crippen LogP contribution < -0.4 is 0 Å². The zero-order valence-corrected chi connectivity index (χ0v) is 19.1. The number of benzene rings is 2. The lowest BCUT2D eigenvalue weighted by Gasteiger charge is -2.28. The van der Waals surface area contributed by atoms with Gasteiger partial charge in [-0.05, 0) is 86.0 Å². The van der Waals surface area contributed by atoms with Crippen molar-refractivity contribution in [2.45, 2.75) is 84.2 Å². The van der Waals surface area contributed by atoms with Crippen molar-refractivity contribution < 1.29 is 4.74 Å². The minimum absolute atomic E-state index is 0.723. The van der Waals surface area contributed by atoms with Crippen LogP contribution in [0.15, 0.2) is 60.7 Å². The van der Waals surface area contributed by atoms with Crippen molar-refractivity contribution in [1.29, 1.82) is 0 Å². The first-order chi connectivity index (χ1) is 14.8. The molecule has 0 amide bonds. The van der Waals surface area contributed by atoms with Gasteiger partial charge in [0.25, 0.3) is 0 Å². The van der Waals surface area contributed by atoms with Gasteiger partial charge in [-0.15, -0.1) is 0 Å². The molecule has 0 aliphatic heterocycles. The van der Waals surface area contributed by atoms with Crippen LogP contribution in [0.25, 0.3) is 11.1 Å². The Kier molecular flexibility index (Phi) is 9.70. The summed E-state index contributed by atoms with van der Waals surface area (Å²) in [5, 5.41) is 0. The lowest BCUT2D eigenvalue weighted by molar-refractivity contribution is 0.117. The van der Waals surface area contributed by atoms with Crippen LogP contribution in [0, 0.1) is 5.92 Å². The summed E-state index contributed by atoms with van der Waals surface area (Å²) in [5.41, 5.74) is 5.40. The molecule has 162 valence electrons. The van der Waals surface area contributed by atoms with E-state index in [-0.39, 0.29) is 0 Å². The number of rotatable bonds is 11. The smallest absolute Gasteiger partial charge is 0.0716 e. The highest BCUT2D eigenvalue weighted by molar-refractivity contribution is 5.64. The molecule has 0 unspecified atom stereocenters. The maximum Gasteiger partial charge on any atom is 0.0716 e. The average Bonchev–Trinajstić information content (AvgIpc) is 2.80. The molecule has 3 rings (SSSR count). The molecular weight excluding hydrogens is 364 g/mol. The lowest BCUT2D eigenvalue weighted by Crippen LogP contribution is -2.13. The summed E-state index contributed by atoms with van der Waals surface area (Å²) in [7, 11) is 0. The summed E-state index contributed by atoms with van der Waals surface area (Å²) < 4.78 is 5.78. The zero-order valence-electron chi connectivity index (χ0n) is 19.1. The summed E-state index contributed by atoms with van der Waals surface area (Å²) in [6.07, 6.45) is 16.3. The van der Waals surface area contributed by atoms with Crippen LogP contribution in [-0.4, -0.2) is 6.61 Å². The number of unbranched alkanes of at least 4 members (excludes halogenated alkanes) is 2. The second kappa shape index (κ2) is 12.7. The van der Waals surface area contributed by atoms with Crippen LogP contribution in [0.3, 0.4) is 0 Å². The van der Waals surface area contributed by atoms with Crippen molar-refractivity contribution in [2.75, 3.05) is 6.61 Å². The van der Waals surface area contributed by atoms with E-state index in [1.807, 2.05) is 0 Å². The van der Waals surface area contributed by atoms with E-state index < -0.39 is 0 Å². The van der Waals surface area contributed by atoms with Gasteiger partial charge in [0.1, 0.15) is 0 Å². The molecule has 1 saturated carbocycles. The summed E-state index contributed by atoms with van der Waals surface area (Å²) >= 11 is 0. The number of hydrogen-bond donors (Lipinski definition) is 0. The number of ether oxygens (including phenoxy) is 1. The predicted octanol–water partition coefficient (Wildman–Crippen LogP) is 8.69. The van der Waals surface area contributed by atoms with Crippen molar-refractivity contribution in [3.63, 3.8) is 0 Å². The van der Waals surface area contributed by atoms with E-state index >= 15 is 0 Å². The number of hydrogen-bond acceptors (Lipinski definition) is 1. The van der Waals surface area contributed by atoms with Gasteiger partial charge in [0.15, 0.2) is 0 Å². The van der Waals surface area contributed by atoms with Gasteiger partial charge in [-0.1, -0.05) is 80.4 Å². The normalized spacial score (nSPS) is 19.4. The molecule has 0 bridgehead atoms. The van der Waals surface area contributed by atoms with Crippen molar-refractivity contribution in [1.82, 2.24) is 0 Å². The van der Waals surface area contributed by atoms with E-state index in [4.69, 9.17) is 4.74 Å². The molecule has 1 fully saturated rings. The van der Waals surface area contributed by atoms with Crippen LogP contribution in [-0.2, 0) is 11.3 Å². The zero-order chi connectivity index (χ0) is 21.0. The Balaban J connectivity index is 1.47. The highest BCUT2D eigenvalue weighted by atomic mass is 16.5. The lowest BCUT2D eigenvalue weighted by atomic mass is 9.77. The number of allylic oxidation sites excluding steroid dienone is 2. The Bertz CT molecular complexity index is 733. The molecule has 0 heterocycles. The van der Waals surface area contributed by atoms with E-state index in [0.717, 1.165) is 25.0 Å². The Morgan fingerprint density at radius 2 is 1.53 bits per heavy atom. The minimum Gasteiger partial charge on any atom is -0.377 e. The third-order valence-corrected chi connectivity index (χ3v) is 6.65. The Morgan fingerprint density at radius 1 is 0.867 bits per heavy atom. The fraction of sp³-hybridized carbons (Fsp3) is 0.517. The van der Waals surface area contributed by atoms with Gasteiger partial charge >= 0.3 is 0 Å². The second-order valence-corrected chi connectivity index (χ2v) is 8.94. The third-order valence-electron chi connectivity index (χ3n) is 6.65. The molecule has 0 aromatic heterocycles. The van der Waals surface area contributed by atoms with Crippen LogP contribution in [0.2, 0.25) is 0 Å².